The van der Waals surface area contributed by atoms with E-state index in [0.29, 0.717) is 11.3 Å². The summed E-state index contributed by atoms with van der Waals surface area (Å²) in [7, 11) is 0. The van der Waals surface area contributed by atoms with Gasteiger partial charge in [0.15, 0.2) is 6.61 Å². The smallest absolute Gasteiger partial charge is 0.422 e. The number of aromatic nitrogens is 3. The van der Waals surface area contributed by atoms with Crippen molar-refractivity contribution in [2.45, 2.75) is 38.9 Å². The van der Waals surface area contributed by atoms with E-state index in [1.165, 1.54) is 24.3 Å². The number of halogens is 3. The number of alkyl halides is 3. The maximum atomic E-state index is 12.7. The highest BCUT2D eigenvalue weighted by Crippen LogP contribution is 2.30. The van der Waals surface area contributed by atoms with Crippen LogP contribution in [0.5, 0.6) is 11.8 Å². The Balaban J connectivity index is 1.90. The standard InChI is InChI=1S/C23H24F3N5O4/c1-22(2,3)17-10-14(6-9-16(17)18(33)34)28-20-29-19(27-11-13-4-7-15(32)8-5-13)30-21(31-20)35-12-23(24,25)26/h4-10,32H,11-12H2,1-3H3,(H,33,34)(H2,27,28,29,30,31). The molecule has 0 aliphatic heterocycles. The summed E-state index contributed by atoms with van der Waals surface area (Å²) in [4.78, 5) is 23.6. The Morgan fingerprint density at radius 3 is 2.26 bits per heavy atom. The summed E-state index contributed by atoms with van der Waals surface area (Å²) in [5.41, 5.74) is 1.36. The van der Waals surface area contributed by atoms with Crippen LogP contribution in [0.3, 0.4) is 0 Å². The van der Waals surface area contributed by atoms with Gasteiger partial charge in [-0.05, 0) is 46.9 Å². The topological polar surface area (TPSA) is 129 Å². The third-order valence-electron chi connectivity index (χ3n) is 4.68. The molecule has 0 saturated carbocycles. The molecule has 3 rings (SSSR count). The molecule has 1 heterocycles. The molecular weight excluding hydrogens is 467 g/mol. The van der Waals surface area contributed by atoms with Gasteiger partial charge < -0.3 is 25.6 Å². The van der Waals surface area contributed by atoms with Gasteiger partial charge in [-0.2, -0.15) is 28.1 Å². The van der Waals surface area contributed by atoms with Crippen LogP contribution in [0.15, 0.2) is 42.5 Å². The van der Waals surface area contributed by atoms with Crippen molar-refractivity contribution in [3.8, 4) is 11.8 Å². The lowest BCUT2D eigenvalue weighted by Gasteiger charge is -2.22. The van der Waals surface area contributed by atoms with Crippen molar-refractivity contribution in [1.82, 2.24) is 15.0 Å². The molecule has 0 amide bonds. The molecule has 0 spiro atoms. The molecule has 35 heavy (non-hydrogen) atoms. The predicted molar refractivity (Wildman–Crippen MR) is 122 cm³/mol. The first-order chi connectivity index (χ1) is 16.3. The van der Waals surface area contributed by atoms with Crippen molar-refractivity contribution >= 4 is 23.6 Å². The number of hydrogen-bond donors (Lipinski definition) is 4. The van der Waals surface area contributed by atoms with E-state index in [1.807, 2.05) is 20.8 Å². The van der Waals surface area contributed by atoms with Gasteiger partial charge in [-0.25, -0.2) is 4.79 Å². The number of aromatic hydroxyl groups is 1. The van der Waals surface area contributed by atoms with Gasteiger partial charge in [-0.3, -0.25) is 0 Å². The highest BCUT2D eigenvalue weighted by atomic mass is 19.4. The number of ether oxygens (including phenoxy) is 1. The van der Waals surface area contributed by atoms with Crippen molar-refractivity contribution in [1.29, 1.82) is 0 Å². The fourth-order valence-electron chi connectivity index (χ4n) is 3.06. The molecule has 4 N–H and O–H groups in total. The molecule has 0 saturated heterocycles. The zero-order chi connectivity index (χ0) is 25.8. The molecule has 0 bridgehead atoms. The van der Waals surface area contributed by atoms with Gasteiger partial charge in [0, 0.05) is 12.2 Å². The Bertz CT molecular complexity index is 1200. The minimum atomic E-state index is -4.59. The average molecular weight is 491 g/mol. The van der Waals surface area contributed by atoms with Crippen molar-refractivity contribution in [2.24, 2.45) is 0 Å². The van der Waals surface area contributed by atoms with Crippen LogP contribution in [0.2, 0.25) is 0 Å². The van der Waals surface area contributed by atoms with Crippen LogP contribution in [0.25, 0.3) is 0 Å². The second-order valence-corrected chi connectivity index (χ2v) is 8.63. The largest absolute Gasteiger partial charge is 0.508 e. The summed E-state index contributed by atoms with van der Waals surface area (Å²) in [6, 6.07) is 10.3. The lowest BCUT2D eigenvalue weighted by molar-refractivity contribution is -0.154. The Morgan fingerprint density at radius 1 is 1.00 bits per heavy atom. The van der Waals surface area contributed by atoms with Crippen molar-refractivity contribution in [2.75, 3.05) is 17.2 Å². The Hall–Kier alpha value is -4.09. The van der Waals surface area contributed by atoms with Gasteiger partial charge in [0.2, 0.25) is 11.9 Å². The normalized spacial score (nSPS) is 11.7. The zero-order valence-electron chi connectivity index (χ0n) is 19.1. The molecular formula is C23H24F3N5O4. The number of phenolic OH excluding ortho intramolecular Hbond substituents is 1. The molecule has 2 aromatic carbocycles. The first kappa shape index (κ1) is 25.5. The molecule has 0 aliphatic rings. The van der Waals surface area contributed by atoms with E-state index in [4.69, 9.17) is 4.74 Å². The summed E-state index contributed by atoms with van der Waals surface area (Å²) in [5.74, 6) is -1.14. The fourth-order valence-corrected chi connectivity index (χ4v) is 3.06. The summed E-state index contributed by atoms with van der Waals surface area (Å²) < 4.78 is 42.7. The molecule has 3 aromatic rings. The van der Waals surface area contributed by atoms with Crippen LogP contribution in [0.1, 0.15) is 42.3 Å². The van der Waals surface area contributed by atoms with Crippen LogP contribution < -0.4 is 15.4 Å². The van der Waals surface area contributed by atoms with Gasteiger partial charge in [0.25, 0.3) is 0 Å². The predicted octanol–water partition coefficient (Wildman–Crippen LogP) is 4.87. The quantitative estimate of drug-likeness (QED) is 0.349. The Labute approximate surface area is 199 Å². The van der Waals surface area contributed by atoms with E-state index < -0.39 is 30.2 Å². The molecule has 0 aliphatic carbocycles. The summed E-state index contributed by atoms with van der Waals surface area (Å²) in [5, 5.41) is 24.6. The van der Waals surface area contributed by atoms with Crippen molar-refractivity contribution in [3.63, 3.8) is 0 Å². The molecule has 9 nitrogen and oxygen atoms in total. The van der Waals surface area contributed by atoms with Gasteiger partial charge in [0.05, 0.1) is 5.56 Å². The second-order valence-electron chi connectivity index (χ2n) is 8.63. The number of nitrogens with one attached hydrogen (secondary N) is 2. The van der Waals surface area contributed by atoms with Crippen LogP contribution in [0, 0.1) is 0 Å². The summed E-state index contributed by atoms with van der Waals surface area (Å²) >= 11 is 0. The number of anilines is 3. The lowest BCUT2D eigenvalue weighted by Crippen LogP contribution is -2.21. The van der Waals surface area contributed by atoms with Crippen LogP contribution in [0.4, 0.5) is 30.8 Å². The molecule has 0 radical (unpaired) electrons. The molecule has 0 unspecified atom stereocenters. The SMILES string of the molecule is CC(C)(C)c1cc(Nc2nc(NCc3ccc(O)cc3)nc(OCC(F)(F)F)n2)ccc1C(=O)O. The maximum absolute atomic E-state index is 12.7. The highest BCUT2D eigenvalue weighted by molar-refractivity contribution is 5.90. The van der Waals surface area contributed by atoms with E-state index in [9.17, 15) is 28.2 Å². The van der Waals surface area contributed by atoms with Crippen LogP contribution in [-0.4, -0.2) is 43.9 Å². The minimum Gasteiger partial charge on any atom is -0.508 e. The number of rotatable bonds is 8. The van der Waals surface area contributed by atoms with Gasteiger partial charge in [-0.1, -0.05) is 32.9 Å². The Kier molecular flexibility index (Phi) is 7.32. The van der Waals surface area contributed by atoms with E-state index in [-0.39, 0.29) is 29.8 Å². The molecule has 0 atom stereocenters. The molecule has 186 valence electrons. The van der Waals surface area contributed by atoms with E-state index in [2.05, 4.69) is 25.6 Å². The number of carbonyl (C=O) groups is 1. The minimum absolute atomic E-state index is 0.0500. The number of nitrogens with zero attached hydrogens (tertiary/aromatic N) is 3. The number of phenols is 1. The van der Waals surface area contributed by atoms with Crippen LogP contribution in [-0.2, 0) is 12.0 Å². The van der Waals surface area contributed by atoms with E-state index in [1.54, 1.807) is 18.2 Å². The molecule has 12 heteroatoms. The number of aromatic carboxylic acids is 1. The Morgan fingerprint density at radius 2 is 1.66 bits per heavy atom. The number of hydrogen-bond acceptors (Lipinski definition) is 8. The fraction of sp³-hybridized carbons (Fsp3) is 0.304. The van der Waals surface area contributed by atoms with Crippen molar-refractivity contribution < 1.29 is 32.9 Å². The van der Waals surface area contributed by atoms with Gasteiger partial charge >= 0.3 is 18.2 Å². The second kappa shape index (κ2) is 10.0. The first-order valence-electron chi connectivity index (χ1n) is 10.4. The third kappa shape index (κ3) is 7.45. The molecule has 0 fully saturated rings. The maximum Gasteiger partial charge on any atom is 0.422 e. The summed E-state index contributed by atoms with van der Waals surface area (Å²) in [6.45, 7) is 4.20. The average Bonchev–Trinajstić information content (AvgIpc) is 2.76. The number of carboxylic acid groups (broad SMARTS) is 1. The number of benzene rings is 2. The lowest BCUT2D eigenvalue weighted by atomic mass is 9.83. The van der Waals surface area contributed by atoms with E-state index >= 15 is 0 Å². The van der Waals surface area contributed by atoms with Gasteiger partial charge in [0.1, 0.15) is 5.75 Å². The molecule has 1 aromatic heterocycles. The summed E-state index contributed by atoms with van der Waals surface area (Å²) in [6.07, 6.45) is -4.59. The highest BCUT2D eigenvalue weighted by Gasteiger charge is 2.29. The zero-order valence-corrected chi connectivity index (χ0v) is 19.1. The third-order valence-corrected chi connectivity index (χ3v) is 4.68. The van der Waals surface area contributed by atoms with Crippen LogP contribution >= 0.6 is 0 Å². The first-order valence-corrected chi connectivity index (χ1v) is 10.4. The van der Waals surface area contributed by atoms with Gasteiger partial charge in [-0.15, -0.1) is 0 Å². The monoisotopic (exact) mass is 491 g/mol. The number of carboxylic acids is 1. The van der Waals surface area contributed by atoms with E-state index in [0.717, 1.165) is 5.56 Å². The van der Waals surface area contributed by atoms with Crippen molar-refractivity contribution in [3.05, 3.63) is 59.2 Å².